The molecular formula is C43H36BF10P. The summed E-state index contributed by atoms with van der Waals surface area (Å²) in [7, 11) is -3.61. The van der Waals surface area contributed by atoms with Gasteiger partial charge in [0, 0.05) is 0 Å². The van der Waals surface area contributed by atoms with E-state index in [1.54, 1.807) is 52.8 Å². The van der Waals surface area contributed by atoms with Gasteiger partial charge in [-0.05, 0) is 87.4 Å². The Morgan fingerprint density at radius 2 is 0.855 bits per heavy atom. The summed E-state index contributed by atoms with van der Waals surface area (Å²) in [5, 5.41) is 1.22. The molecule has 5 aromatic carbocycles. The van der Waals surface area contributed by atoms with Crippen LogP contribution < -0.4 is 21.5 Å². The third-order valence-corrected chi connectivity index (χ3v) is 16.5. The van der Waals surface area contributed by atoms with Gasteiger partial charge in [0.15, 0.2) is 34.9 Å². The zero-order valence-electron chi connectivity index (χ0n) is 31.0. The van der Waals surface area contributed by atoms with Gasteiger partial charge in [-0.25, -0.2) is 49.9 Å². The van der Waals surface area contributed by atoms with Crippen LogP contribution in [0.4, 0.5) is 43.9 Å². The van der Waals surface area contributed by atoms with Gasteiger partial charge in [0.05, 0.1) is 13.4 Å². The number of allylic oxidation sites excluding steroid dienone is 2. The summed E-state index contributed by atoms with van der Waals surface area (Å²) in [5.41, 5.74) is 0.0104. The van der Waals surface area contributed by atoms with Gasteiger partial charge in [0.1, 0.15) is 40.0 Å². The Labute approximate surface area is 313 Å². The van der Waals surface area contributed by atoms with Crippen molar-refractivity contribution in [2.75, 3.05) is 6.16 Å². The largest absolute Gasteiger partial charge is 0.231 e. The number of hydrogen-bond donors (Lipinski definition) is 0. The van der Waals surface area contributed by atoms with Gasteiger partial charge in [-0.1, -0.05) is 77.9 Å². The molecule has 12 heteroatoms. The van der Waals surface area contributed by atoms with Gasteiger partial charge in [-0.15, -0.1) is 10.9 Å². The molecule has 0 amide bonds. The van der Waals surface area contributed by atoms with Gasteiger partial charge < -0.3 is 0 Å². The van der Waals surface area contributed by atoms with Crippen LogP contribution in [-0.2, 0) is 0 Å². The van der Waals surface area contributed by atoms with Crippen LogP contribution in [0.25, 0.3) is 6.08 Å². The minimum atomic E-state index is -4.42. The second-order valence-electron chi connectivity index (χ2n) is 14.8. The van der Waals surface area contributed by atoms with Crippen LogP contribution in [0.2, 0.25) is 0 Å². The lowest BCUT2D eigenvalue weighted by molar-refractivity contribution is 0.381. The molecule has 5 aromatic rings. The van der Waals surface area contributed by atoms with Crippen LogP contribution in [0.3, 0.4) is 0 Å². The summed E-state index contributed by atoms with van der Waals surface area (Å²) < 4.78 is 160. The lowest BCUT2D eigenvalue weighted by atomic mass is 9.16. The molecule has 0 unspecified atom stereocenters. The molecule has 1 heterocycles. The molecule has 0 saturated carbocycles. The summed E-state index contributed by atoms with van der Waals surface area (Å²) in [4.78, 5) is 0. The van der Waals surface area contributed by atoms with Crippen molar-refractivity contribution in [3.63, 3.8) is 0 Å². The van der Waals surface area contributed by atoms with Crippen molar-refractivity contribution in [1.29, 1.82) is 0 Å². The first-order valence-corrected chi connectivity index (χ1v) is 19.5. The molecule has 55 heavy (non-hydrogen) atoms. The Morgan fingerprint density at radius 1 is 0.509 bits per heavy atom. The lowest BCUT2D eigenvalue weighted by Crippen LogP contribution is -2.70. The first kappa shape index (κ1) is 40.0. The summed E-state index contributed by atoms with van der Waals surface area (Å²) in [6, 6.07) is 15.1. The highest BCUT2D eigenvalue weighted by molar-refractivity contribution is 7.93. The molecule has 6 rings (SSSR count). The molecule has 0 radical (unpaired) electrons. The second-order valence-corrected chi connectivity index (χ2v) is 18.3. The molecule has 1 aliphatic heterocycles. The summed E-state index contributed by atoms with van der Waals surface area (Å²) in [5.74, 6) is -23.8. The fraction of sp³-hybridized carbons (Fsp3) is 0.209. The molecular weight excluding hydrogens is 748 g/mol. The molecule has 286 valence electrons. The normalized spacial score (nSPS) is 15.7. The van der Waals surface area contributed by atoms with Crippen LogP contribution in [0, 0.1) is 99.7 Å². The zero-order valence-corrected chi connectivity index (χ0v) is 31.9. The number of hydrogen-bond acceptors (Lipinski definition) is 0. The standard InChI is InChI=1S/C43H36BF10P/c1-21-15-24(4)42(25(5)16-21)55(43-26(6)17-22(2)18-27(43)7)20-23(3)19-29(55)44(14-13-28-11-9-8-10-12-28,30-32(45)36(49)40(53)37(50)33(30)46)31-34(47)38(51)41(54)39(52)35(31)48/h8-19,29H,20H2,1-7H3/b14-13+/t29-/m1/s1. The molecule has 0 nitrogen and oxygen atoms in total. The van der Waals surface area contributed by atoms with Crippen LogP contribution in [0.1, 0.15) is 45.9 Å². The highest BCUT2D eigenvalue weighted by atomic mass is 31.2. The van der Waals surface area contributed by atoms with E-state index in [4.69, 9.17) is 0 Å². The van der Waals surface area contributed by atoms with Crippen LogP contribution >= 0.6 is 7.26 Å². The van der Waals surface area contributed by atoms with E-state index in [1.165, 1.54) is 18.2 Å². The van der Waals surface area contributed by atoms with E-state index in [0.29, 0.717) is 38.4 Å². The highest BCUT2D eigenvalue weighted by Gasteiger charge is 2.62. The number of halogens is 10. The molecule has 1 atom stereocenters. The van der Waals surface area contributed by atoms with E-state index in [9.17, 15) is 8.78 Å². The Morgan fingerprint density at radius 3 is 1.22 bits per heavy atom. The molecule has 0 bridgehead atoms. The van der Waals surface area contributed by atoms with Gasteiger partial charge in [-0.2, -0.15) is 0 Å². The predicted octanol–water partition coefficient (Wildman–Crippen LogP) is 10.3. The minimum absolute atomic E-state index is 0.0839. The maximum absolute atomic E-state index is 16.8. The van der Waals surface area contributed by atoms with Crippen molar-refractivity contribution in [1.82, 2.24) is 0 Å². The van der Waals surface area contributed by atoms with E-state index < -0.39 is 88.1 Å². The summed E-state index contributed by atoms with van der Waals surface area (Å²) >= 11 is 0. The SMILES string of the molecule is CC1=C[C@H]([B-](/C=C/c2ccccc2)(c2c(F)c(F)c(F)c(F)c2F)c2c(F)c(F)c(F)c(F)c2F)[P+](c2c(C)cc(C)cc2C)(c2c(C)cc(C)cc2C)C1. The summed E-state index contributed by atoms with van der Waals surface area (Å²) in [6.45, 7) is 12.5. The Hall–Kier alpha value is -4.63. The lowest BCUT2D eigenvalue weighted by Gasteiger charge is -2.49. The number of rotatable bonds is 7. The first-order chi connectivity index (χ1) is 25.8. The average molecular weight is 785 g/mol. The van der Waals surface area contributed by atoms with E-state index in [1.807, 2.05) is 38.1 Å². The second kappa shape index (κ2) is 14.5. The maximum Gasteiger partial charge on any atom is 0.200 e. The van der Waals surface area contributed by atoms with E-state index in [-0.39, 0.29) is 11.7 Å². The summed E-state index contributed by atoms with van der Waals surface area (Å²) in [6.07, 6.45) is -1.71. The van der Waals surface area contributed by atoms with Crippen molar-refractivity contribution >= 4 is 41.0 Å². The van der Waals surface area contributed by atoms with Crippen LogP contribution in [-0.4, -0.2) is 17.9 Å². The van der Waals surface area contributed by atoms with Gasteiger partial charge in [0.2, 0.25) is 0 Å². The van der Waals surface area contributed by atoms with Gasteiger partial charge >= 0.3 is 0 Å². The monoisotopic (exact) mass is 784 g/mol. The topological polar surface area (TPSA) is 0 Å². The van der Waals surface area contributed by atoms with Crippen LogP contribution in [0.5, 0.6) is 0 Å². The van der Waals surface area contributed by atoms with Crippen molar-refractivity contribution in [3.05, 3.63) is 169 Å². The van der Waals surface area contributed by atoms with E-state index in [2.05, 4.69) is 0 Å². The molecule has 0 aromatic heterocycles. The number of benzene rings is 5. The third-order valence-electron chi connectivity index (χ3n) is 10.9. The van der Waals surface area contributed by atoms with E-state index >= 15 is 35.1 Å². The third kappa shape index (κ3) is 6.14. The van der Waals surface area contributed by atoms with Crippen molar-refractivity contribution < 1.29 is 43.9 Å². The van der Waals surface area contributed by atoms with Gasteiger partial charge in [-0.3, -0.25) is 0 Å². The fourth-order valence-corrected chi connectivity index (χ4v) is 16.1. The molecule has 0 spiro atoms. The quantitative estimate of drug-likeness (QED) is 0.0385. The molecule has 0 aliphatic carbocycles. The van der Waals surface area contributed by atoms with Crippen molar-refractivity contribution in [3.8, 4) is 0 Å². The van der Waals surface area contributed by atoms with Crippen molar-refractivity contribution in [2.24, 2.45) is 0 Å². The Bertz CT molecular complexity index is 2220. The smallest absolute Gasteiger partial charge is 0.200 e. The maximum atomic E-state index is 16.8. The Kier molecular flexibility index (Phi) is 10.5. The van der Waals surface area contributed by atoms with Crippen molar-refractivity contribution in [2.45, 2.75) is 54.0 Å². The van der Waals surface area contributed by atoms with Crippen LogP contribution in [0.15, 0.2) is 72.2 Å². The highest BCUT2D eigenvalue weighted by Crippen LogP contribution is 2.70. The number of aryl methyl sites for hydroxylation is 6. The zero-order chi connectivity index (χ0) is 40.5. The minimum Gasteiger partial charge on any atom is -0.231 e. The average Bonchev–Trinajstić information content (AvgIpc) is 3.46. The molecule has 0 fully saturated rings. The fourth-order valence-electron chi connectivity index (χ4n) is 9.40. The predicted molar refractivity (Wildman–Crippen MR) is 203 cm³/mol. The Balaban J connectivity index is 2.00. The first-order valence-electron chi connectivity index (χ1n) is 17.5. The molecule has 1 aliphatic rings. The molecule has 0 saturated heterocycles. The molecule has 0 N–H and O–H groups in total. The van der Waals surface area contributed by atoms with Gasteiger partial charge in [0.25, 0.3) is 0 Å². The van der Waals surface area contributed by atoms with E-state index in [0.717, 1.165) is 23.2 Å².